The summed E-state index contributed by atoms with van der Waals surface area (Å²) >= 11 is 0. The molecular formula is C18H25N3O3. The zero-order valence-corrected chi connectivity index (χ0v) is 13.8. The van der Waals surface area contributed by atoms with E-state index in [0.717, 1.165) is 37.0 Å². The number of H-pyrrole nitrogens is 1. The number of nitrogens with zero attached hydrogens (tertiary/aromatic N) is 1. The second-order valence-corrected chi connectivity index (χ2v) is 8.18. The maximum absolute atomic E-state index is 12.1. The van der Waals surface area contributed by atoms with Gasteiger partial charge in [0.05, 0.1) is 18.9 Å². The van der Waals surface area contributed by atoms with Crippen molar-refractivity contribution in [3.8, 4) is 0 Å². The molecule has 5 rings (SSSR count). The first-order valence-corrected chi connectivity index (χ1v) is 9.00. The van der Waals surface area contributed by atoms with Crippen molar-refractivity contribution in [2.75, 3.05) is 6.54 Å². The van der Waals surface area contributed by atoms with Gasteiger partial charge in [0, 0.05) is 18.3 Å². The fourth-order valence-electron chi connectivity index (χ4n) is 5.75. The average molecular weight is 331 g/mol. The minimum absolute atomic E-state index is 0.00321. The van der Waals surface area contributed by atoms with Crippen molar-refractivity contribution in [3.63, 3.8) is 0 Å². The van der Waals surface area contributed by atoms with Crippen LogP contribution in [0.25, 0.3) is 0 Å². The SMILES string of the molecule is O=C(Cc1cnc[nH]c1=O)NC[C@@H](O)C12CC3CC(CC(C3)C1)C2. The molecule has 1 aromatic rings. The molecule has 4 bridgehead atoms. The molecule has 4 saturated carbocycles. The fourth-order valence-corrected chi connectivity index (χ4v) is 5.75. The lowest BCUT2D eigenvalue weighted by Gasteiger charge is -2.58. The molecular weight excluding hydrogens is 306 g/mol. The Kier molecular flexibility index (Phi) is 3.95. The Hall–Kier alpha value is -1.69. The monoisotopic (exact) mass is 331 g/mol. The van der Waals surface area contributed by atoms with Gasteiger partial charge in [0.25, 0.3) is 5.56 Å². The van der Waals surface area contributed by atoms with Crippen LogP contribution in [-0.4, -0.2) is 33.6 Å². The molecule has 1 heterocycles. The minimum Gasteiger partial charge on any atom is -0.391 e. The number of hydrogen-bond donors (Lipinski definition) is 3. The first-order valence-electron chi connectivity index (χ1n) is 9.00. The van der Waals surface area contributed by atoms with Crippen molar-refractivity contribution in [1.29, 1.82) is 0 Å². The van der Waals surface area contributed by atoms with E-state index in [4.69, 9.17) is 0 Å². The Morgan fingerprint density at radius 2 is 1.92 bits per heavy atom. The van der Waals surface area contributed by atoms with E-state index in [9.17, 15) is 14.7 Å². The molecule has 0 saturated heterocycles. The smallest absolute Gasteiger partial charge is 0.254 e. The van der Waals surface area contributed by atoms with E-state index in [2.05, 4.69) is 15.3 Å². The average Bonchev–Trinajstić information content (AvgIpc) is 2.53. The molecule has 4 aliphatic rings. The highest BCUT2D eigenvalue weighted by Crippen LogP contribution is 2.61. The van der Waals surface area contributed by atoms with Crippen molar-refractivity contribution < 1.29 is 9.90 Å². The fraction of sp³-hybridized carbons (Fsp3) is 0.722. The Morgan fingerprint density at radius 3 is 2.50 bits per heavy atom. The van der Waals surface area contributed by atoms with Gasteiger partial charge in [0.15, 0.2) is 0 Å². The van der Waals surface area contributed by atoms with E-state index >= 15 is 0 Å². The Labute approximate surface area is 141 Å². The van der Waals surface area contributed by atoms with E-state index in [0.29, 0.717) is 5.56 Å². The molecule has 1 atom stereocenters. The number of carbonyl (C=O) groups is 1. The Balaban J connectivity index is 1.35. The number of amides is 1. The third-order valence-corrected chi connectivity index (χ3v) is 6.43. The van der Waals surface area contributed by atoms with Crippen LogP contribution in [0.15, 0.2) is 17.3 Å². The van der Waals surface area contributed by atoms with Crippen LogP contribution in [0.5, 0.6) is 0 Å². The molecule has 24 heavy (non-hydrogen) atoms. The van der Waals surface area contributed by atoms with Gasteiger partial charge in [-0.2, -0.15) is 0 Å². The van der Waals surface area contributed by atoms with E-state index < -0.39 is 6.10 Å². The minimum atomic E-state index is -0.484. The maximum Gasteiger partial charge on any atom is 0.254 e. The second kappa shape index (κ2) is 5.99. The van der Waals surface area contributed by atoms with Gasteiger partial charge in [0.1, 0.15) is 0 Å². The summed E-state index contributed by atoms with van der Waals surface area (Å²) < 4.78 is 0. The highest BCUT2D eigenvalue weighted by Gasteiger charge is 2.53. The molecule has 4 fully saturated rings. The van der Waals surface area contributed by atoms with E-state index in [1.165, 1.54) is 31.8 Å². The third kappa shape index (κ3) is 2.88. The molecule has 4 aliphatic carbocycles. The molecule has 6 heteroatoms. The summed E-state index contributed by atoms with van der Waals surface area (Å²) in [5, 5.41) is 13.6. The topological polar surface area (TPSA) is 95.1 Å². The lowest BCUT2D eigenvalue weighted by atomic mass is 9.48. The summed E-state index contributed by atoms with van der Waals surface area (Å²) in [7, 11) is 0. The third-order valence-electron chi connectivity index (χ3n) is 6.43. The van der Waals surface area contributed by atoms with Gasteiger partial charge in [-0.3, -0.25) is 9.59 Å². The quantitative estimate of drug-likeness (QED) is 0.750. The number of aliphatic hydroxyl groups excluding tert-OH is 1. The van der Waals surface area contributed by atoms with Gasteiger partial charge >= 0.3 is 0 Å². The summed E-state index contributed by atoms with van der Waals surface area (Å²) in [6.45, 7) is 0.281. The predicted octanol–water partition coefficient (Wildman–Crippen LogP) is 1.01. The zero-order chi connectivity index (χ0) is 16.7. The molecule has 0 spiro atoms. The number of rotatable bonds is 5. The van der Waals surface area contributed by atoms with E-state index in [1.54, 1.807) is 0 Å². The molecule has 130 valence electrons. The number of hydrogen-bond acceptors (Lipinski definition) is 4. The molecule has 0 radical (unpaired) electrons. The molecule has 0 aliphatic heterocycles. The predicted molar refractivity (Wildman–Crippen MR) is 88.2 cm³/mol. The van der Waals surface area contributed by atoms with Crippen molar-refractivity contribution in [3.05, 3.63) is 28.4 Å². The number of aliphatic hydroxyl groups is 1. The standard InChI is InChI=1S/C18H25N3O3/c22-15(9-20-16(23)4-14-8-19-10-21-17(14)24)18-5-11-1-12(6-18)3-13(2-11)7-18/h8,10-13,15,22H,1-7,9H2,(H,20,23)(H,19,21,24)/t11?,12?,13?,15-,18?/m1/s1. The van der Waals surface area contributed by atoms with Gasteiger partial charge < -0.3 is 15.4 Å². The molecule has 0 unspecified atom stereocenters. The van der Waals surface area contributed by atoms with Gasteiger partial charge in [-0.15, -0.1) is 0 Å². The molecule has 6 nitrogen and oxygen atoms in total. The lowest BCUT2D eigenvalue weighted by molar-refractivity contribution is -0.128. The number of aromatic nitrogens is 2. The van der Waals surface area contributed by atoms with Crippen LogP contribution < -0.4 is 10.9 Å². The highest BCUT2D eigenvalue weighted by molar-refractivity contribution is 5.78. The normalized spacial score (nSPS) is 35.0. The maximum atomic E-state index is 12.1. The Morgan fingerprint density at radius 1 is 1.29 bits per heavy atom. The van der Waals surface area contributed by atoms with Crippen molar-refractivity contribution >= 4 is 5.91 Å². The zero-order valence-electron chi connectivity index (χ0n) is 13.8. The second-order valence-electron chi connectivity index (χ2n) is 8.18. The lowest BCUT2D eigenvalue weighted by Crippen LogP contribution is -2.54. The summed E-state index contributed by atoms with van der Waals surface area (Å²) in [6.07, 6.45) is 9.56. The van der Waals surface area contributed by atoms with Crippen molar-refractivity contribution in [2.45, 2.75) is 51.0 Å². The van der Waals surface area contributed by atoms with Crippen molar-refractivity contribution in [2.24, 2.45) is 23.2 Å². The molecule has 1 amide bonds. The van der Waals surface area contributed by atoms with Gasteiger partial charge in [0.2, 0.25) is 5.91 Å². The molecule has 0 aromatic carbocycles. The van der Waals surface area contributed by atoms with Crippen LogP contribution in [0.2, 0.25) is 0 Å². The van der Waals surface area contributed by atoms with Crippen LogP contribution in [0.4, 0.5) is 0 Å². The highest BCUT2D eigenvalue weighted by atomic mass is 16.3. The van der Waals surface area contributed by atoms with Crippen molar-refractivity contribution in [1.82, 2.24) is 15.3 Å². The first-order chi connectivity index (χ1) is 11.5. The largest absolute Gasteiger partial charge is 0.391 e. The van der Waals surface area contributed by atoms with Crippen LogP contribution in [0, 0.1) is 23.2 Å². The molecule has 3 N–H and O–H groups in total. The van der Waals surface area contributed by atoms with Gasteiger partial charge in [-0.1, -0.05) is 0 Å². The van der Waals surface area contributed by atoms with Gasteiger partial charge in [-0.25, -0.2) is 4.98 Å². The summed E-state index contributed by atoms with van der Waals surface area (Å²) in [5.41, 5.74) is 0.0643. The van der Waals surface area contributed by atoms with Crippen LogP contribution in [0.1, 0.15) is 44.1 Å². The number of aromatic amines is 1. The van der Waals surface area contributed by atoms with Gasteiger partial charge in [-0.05, 0) is 61.7 Å². The summed E-state index contributed by atoms with van der Waals surface area (Å²) in [6, 6.07) is 0. The Bertz CT molecular complexity index is 649. The van der Waals surface area contributed by atoms with E-state index in [1.807, 2.05) is 0 Å². The van der Waals surface area contributed by atoms with E-state index in [-0.39, 0.29) is 29.8 Å². The van der Waals surface area contributed by atoms with Crippen LogP contribution >= 0.6 is 0 Å². The first kappa shape index (κ1) is 15.8. The van der Waals surface area contributed by atoms with Crippen LogP contribution in [0.3, 0.4) is 0 Å². The number of carbonyl (C=O) groups excluding carboxylic acids is 1. The molecule has 1 aromatic heterocycles. The van der Waals surface area contributed by atoms with Crippen LogP contribution in [-0.2, 0) is 11.2 Å². The summed E-state index contributed by atoms with van der Waals surface area (Å²) in [4.78, 5) is 30.0. The summed E-state index contributed by atoms with van der Waals surface area (Å²) in [5.74, 6) is 2.08. The number of nitrogens with one attached hydrogen (secondary N) is 2.